The summed E-state index contributed by atoms with van der Waals surface area (Å²) in [6.07, 6.45) is 2.96. The average molecular weight is 297 g/mol. The van der Waals surface area contributed by atoms with E-state index in [4.69, 9.17) is 0 Å². The summed E-state index contributed by atoms with van der Waals surface area (Å²) in [5.41, 5.74) is 1.94. The van der Waals surface area contributed by atoms with Crippen LogP contribution in [0.5, 0.6) is 0 Å². The zero-order chi connectivity index (χ0) is 14.8. The first-order chi connectivity index (χ1) is 9.35. The molecule has 1 heterocycles. The summed E-state index contributed by atoms with van der Waals surface area (Å²) in [4.78, 5) is 12.0. The zero-order valence-corrected chi connectivity index (χ0v) is 12.4. The van der Waals surface area contributed by atoms with Gasteiger partial charge in [0.1, 0.15) is 0 Å². The first-order valence-corrected chi connectivity index (χ1v) is 8.37. The summed E-state index contributed by atoms with van der Waals surface area (Å²) >= 11 is 0. The maximum atomic E-state index is 12.0. The van der Waals surface area contributed by atoms with Gasteiger partial charge in [-0.1, -0.05) is 0 Å². The molecule has 1 atom stereocenters. The Morgan fingerprint density at radius 3 is 2.70 bits per heavy atom. The van der Waals surface area contributed by atoms with Crippen molar-refractivity contribution in [3.8, 4) is 0 Å². The lowest BCUT2D eigenvalue weighted by atomic mass is 10.1. The van der Waals surface area contributed by atoms with E-state index in [9.17, 15) is 13.2 Å². The Morgan fingerprint density at radius 1 is 1.40 bits per heavy atom. The van der Waals surface area contributed by atoms with E-state index in [-0.39, 0.29) is 11.9 Å². The first-order valence-electron chi connectivity index (χ1n) is 6.48. The molecule has 3 N–H and O–H groups in total. The fourth-order valence-electron chi connectivity index (χ4n) is 2.19. The third kappa shape index (κ3) is 3.94. The van der Waals surface area contributed by atoms with Crippen molar-refractivity contribution in [3.05, 3.63) is 23.8 Å². The Hall–Kier alpha value is -1.60. The molecule has 1 unspecified atom stereocenters. The number of rotatable bonds is 4. The second-order valence-electron chi connectivity index (χ2n) is 5.04. The van der Waals surface area contributed by atoms with E-state index in [2.05, 4.69) is 15.4 Å². The maximum absolute atomic E-state index is 12.0. The standard InChI is InChI=1S/C13H19N3O3S/c1-9-8-10(5-6-11(9)16-20(2,18)19)15-13(17)12-4-3-7-14-12/h5-6,8,12,14,16H,3-4,7H2,1-2H3,(H,15,17). The monoisotopic (exact) mass is 297 g/mol. The van der Waals surface area contributed by atoms with E-state index in [0.29, 0.717) is 11.4 Å². The number of hydrogen-bond acceptors (Lipinski definition) is 4. The number of carbonyl (C=O) groups excluding carboxylic acids is 1. The molecule has 0 saturated carbocycles. The topological polar surface area (TPSA) is 87.3 Å². The number of hydrogen-bond donors (Lipinski definition) is 3. The molecule has 1 aliphatic heterocycles. The van der Waals surface area contributed by atoms with E-state index in [1.165, 1.54) is 0 Å². The summed E-state index contributed by atoms with van der Waals surface area (Å²) in [5.74, 6) is -0.0503. The highest BCUT2D eigenvalue weighted by Crippen LogP contribution is 2.21. The van der Waals surface area contributed by atoms with E-state index in [0.717, 1.165) is 31.2 Å². The lowest BCUT2D eigenvalue weighted by Crippen LogP contribution is -2.35. The molecule has 1 fully saturated rings. The summed E-state index contributed by atoms with van der Waals surface area (Å²) in [5, 5.41) is 5.97. The van der Waals surface area contributed by atoms with Crippen LogP contribution in [0.25, 0.3) is 0 Å². The highest BCUT2D eigenvalue weighted by molar-refractivity contribution is 7.92. The van der Waals surface area contributed by atoms with Gasteiger partial charge in [0.15, 0.2) is 0 Å². The Morgan fingerprint density at radius 2 is 2.15 bits per heavy atom. The van der Waals surface area contributed by atoms with Crippen molar-refractivity contribution in [2.45, 2.75) is 25.8 Å². The number of anilines is 2. The predicted molar refractivity (Wildman–Crippen MR) is 79.3 cm³/mol. The minimum Gasteiger partial charge on any atom is -0.325 e. The Labute approximate surface area is 119 Å². The summed E-state index contributed by atoms with van der Waals surface area (Å²) < 4.78 is 24.8. The van der Waals surface area contributed by atoms with Crippen molar-refractivity contribution in [3.63, 3.8) is 0 Å². The fraction of sp³-hybridized carbons (Fsp3) is 0.462. The van der Waals surface area contributed by atoms with E-state index < -0.39 is 10.0 Å². The largest absolute Gasteiger partial charge is 0.325 e. The van der Waals surface area contributed by atoms with Gasteiger partial charge in [-0.3, -0.25) is 9.52 Å². The van der Waals surface area contributed by atoms with Gasteiger partial charge in [-0.05, 0) is 50.1 Å². The molecular weight excluding hydrogens is 278 g/mol. The lowest BCUT2D eigenvalue weighted by molar-refractivity contribution is -0.117. The SMILES string of the molecule is Cc1cc(NC(=O)C2CCCN2)ccc1NS(C)(=O)=O. The van der Waals surface area contributed by atoms with Gasteiger partial charge >= 0.3 is 0 Å². The van der Waals surface area contributed by atoms with Crippen LogP contribution in [0.15, 0.2) is 18.2 Å². The highest BCUT2D eigenvalue weighted by atomic mass is 32.2. The first kappa shape index (κ1) is 14.8. The zero-order valence-electron chi connectivity index (χ0n) is 11.6. The van der Waals surface area contributed by atoms with Crippen molar-refractivity contribution in [1.82, 2.24) is 5.32 Å². The lowest BCUT2D eigenvalue weighted by Gasteiger charge is -2.13. The Kier molecular flexibility index (Phi) is 4.29. The van der Waals surface area contributed by atoms with Crippen LogP contribution in [0.2, 0.25) is 0 Å². The molecule has 1 aliphatic rings. The quantitative estimate of drug-likeness (QED) is 0.775. The Bertz CT molecular complexity index is 607. The second-order valence-corrected chi connectivity index (χ2v) is 6.79. The molecule has 1 aromatic carbocycles. The van der Waals surface area contributed by atoms with Crippen molar-refractivity contribution >= 4 is 27.3 Å². The minimum atomic E-state index is -3.30. The molecule has 1 aromatic rings. The molecule has 0 bridgehead atoms. The van der Waals surface area contributed by atoms with Crippen molar-refractivity contribution in [2.75, 3.05) is 22.8 Å². The van der Waals surface area contributed by atoms with E-state index in [1.807, 2.05) is 0 Å². The van der Waals surface area contributed by atoms with Gasteiger partial charge in [-0.25, -0.2) is 8.42 Å². The molecule has 2 rings (SSSR count). The van der Waals surface area contributed by atoms with Gasteiger partial charge in [-0.15, -0.1) is 0 Å². The second kappa shape index (κ2) is 5.80. The summed E-state index contributed by atoms with van der Waals surface area (Å²) in [7, 11) is -3.30. The predicted octanol–water partition coefficient (Wildman–Crippen LogP) is 1.06. The Balaban J connectivity index is 2.07. The number of nitrogens with one attached hydrogen (secondary N) is 3. The molecule has 0 aromatic heterocycles. The number of aryl methyl sites for hydroxylation is 1. The summed E-state index contributed by atoms with van der Waals surface area (Å²) in [6.45, 7) is 2.66. The smallest absolute Gasteiger partial charge is 0.241 e. The fourth-order valence-corrected chi connectivity index (χ4v) is 2.82. The van der Waals surface area contributed by atoms with Crippen LogP contribution in [-0.2, 0) is 14.8 Å². The molecule has 0 radical (unpaired) electrons. The minimum absolute atomic E-state index is 0.0503. The third-order valence-corrected chi connectivity index (χ3v) is 3.76. The molecule has 6 nitrogen and oxygen atoms in total. The van der Waals surface area contributed by atoms with Crippen LogP contribution in [0.3, 0.4) is 0 Å². The number of benzene rings is 1. The number of amides is 1. The summed E-state index contributed by atoms with van der Waals surface area (Å²) in [6, 6.07) is 4.95. The molecule has 20 heavy (non-hydrogen) atoms. The number of carbonyl (C=O) groups is 1. The molecule has 1 amide bonds. The van der Waals surface area contributed by atoms with Crippen LogP contribution in [0.4, 0.5) is 11.4 Å². The van der Waals surface area contributed by atoms with Gasteiger partial charge in [0.2, 0.25) is 15.9 Å². The van der Waals surface area contributed by atoms with Gasteiger partial charge in [0.05, 0.1) is 18.0 Å². The molecule has 0 aliphatic carbocycles. The van der Waals surface area contributed by atoms with Crippen LogP contribution >= 0.6 is 0 Å². The molecule has 7 heteroatoms. The van der Waals surface area contributed by atoms with Crippen molar-refractivity contribution in [2.24, 2.45) is 0 Å². The number of sulfonamides is 1. The van der Waals surface area contributed by atoms with E-state index >= 15 is 0 Å². The normalized spacial score (nSPS) is 18.8. The highest BCUT2D eigenvalue weighted by Gasteiger charge is 2.21. The molecule has 110 valence electrons. The van der Waals surface area contributed by atoms with Crippen molar-refractivity contribution < 1.29 is 13.2 Å². The van der Waals surface area contributed by atoms with Crippen molar-refractivity contribution in [1.29, 1.82) is 0 Å². The molecular formula is C13H19N3O3S. The van der Waals surface area contributed by atoms with Crippen LogP contribution in [0.1, 0.15) is 18.4 Å². The molecule has 1 saturated heterocycles. The molecule has 0 spiro atoms. The van der Waals surface area contributed by atoms with E-state index in [1.54, 1.807) is 25.1 Å². The van der Waals surface area contributed by atoms with Gasteiger partial charge in [0.25, 0.3) is 0 Å². The van der Waals surface area contributed by atoms with Crippen LogP contribution < -0.4 is 15.4 Å². The third-order valence-electron chi connectivity index (χ3n) is 3.17. The van der Waals surface area contributed by atoms with Gasteiger partial charge in [0, 0.05) is 5.69 Å². The van der Waals surface area contributed by atoms with Crippen LogP contribution in [0, 0.1) is 6.92 Å². The van der Waals surface area contributed by atoms with Crippen LogP contribution in [-0.4, -0.2) is 33.2 Å². The van der Waals surface area contributed by atoms with Gasteiger partial charge < -0.3 is 10.6 Å². The maximum Gasteiger partial charge on any atom is 0.241 e. The van der Waals surface area contributed by atoms with Gasteiger partial charge in [-0.2, -0.15) is 0 Å². The average Bonchev–Trinajstić information content (AvgIpc) is 2.85.